The third-order valence-corrected chi connectivity index (χ3v) is 2.52. The quantitative estimate of drug-likeness (QED) is 0.855. The Morgan fingerprint density at radius 2 is 2.27 bits per heavy atom. The Hall–Kier alpha value is -0.990. The van der Waals surface area contributed by atoms with Gasteiger partial charge >= 0.3 is 0 Å². The maximum atomic E-state index is 6.03. The largest absolute Gasteiger partial charge is 0.495 e. The minimum Gasteiger partial charge on any atom is -0.495 e. The number of ether oxygens (including phenoxy) is 1. The second-order valence-corrected chi connectivity index (χ2v) is 3.72. The average Bonchev–Trinajstić information content (AvgIpc) is 2.25. The predicted octanol–water partition coefficient (Wildman–Crippen LogP) is 3.10. The lowest BCUT2D eigenvalue weighted by atomic mass is 10.1. The van der Waals surface area contributed by atoms with Gasteiger partial charge in [-0.25, -0.2) is 0 Å². The summed E-state index contributed by atoms with van der Waals surface area (Å²) < 4.78 is 5.09. The van der Waals surface area contributed by atoms with Crippen molar-refractivity contribution in [1.82, 2.24) is 0 Å². The van der Waals surface area contributed by atoms with E-state index in [0.29, 0.717) is 17.3 Å². The second-order valence-electron chi connectivity index (χ2n) is 3.31. The minimum absolute atomic E-state index is 0.635. The van der Waals surface area contributed by atoms with Gasteiger partial charge in [-0.3, -0.25) is 0 Å². The predicted molar refractivity (Wildman–Crippen MR) is 65.3 cm³/mol. The highest BCUT2D eigenvalue weighted by atomic mass is 35.5. The molecule has 1 rings (SSSR count). The van der Waals surface area contributed by atoms with E-state index in [0.717, 1.165) is 12.0 Å². The lowest BCUT2D eigenvalue weighted by Crippen LogP contribution is -1.96. The Bertz CT molecular complexity index is 361. The average molecular weight is 226 g/mol. The van der Waals surface area contributed by atoms with E-state index in [-0.39, 0.29) is 0 Å². The maximum absolute atomic E-state index is 6.03. The number of nitrogens with two attached hydrogens (primary N) is 1. The lowest BCUT2D eigenvalue weighted by molar-refractivity contribution is 0.415. The van der Waals surface area contributed by atoms with Crippen LogP contribution in [0, 0.1) is 0 Å². The highest BCUT2D eigenvalue weighted by molar-refractivity contribution is 6.32. The van der Waals surface area contributed by atoms with E-state index in [1.807, 2.05) is 25.1 Å². The van der Waals surface area contributed by atoms with Gasteiger partial charge in [0.25, 0.3) is 0 Å². The summed E-state index contributed by atoms with van der Waals surface area (Å²) in [5, 5.41) is 0.635. The number of methoxy groups -OCH3 is 1. The van der Waals surface area contributed by atoms with E-state index in [1.54, 1.807) is 7.11 Å². The second kappa shape index (κ2) is 5.79. The first-order chi connectivity index (χ1) is 7.19. The van der Waals surface area contributed by atoms with Gasteiger partial charge in [0.15, 0.2) is 0 Å². The van der Waals surface area contributed by atoms with Gasteiger partial charge in [0.05, 0.1) is 12.1 Å². The Morgan fingerprint density at radius 1 is 1.53 bits per heavy atom. The molecular formula is C12H16ClNO. The summed E-state index contributed by atoms with van der Waals surface area (Å²) in [6.45, 7) is 2.72. The topological polar surface area (TPSA) is 35.2 Å². The minimum atomic E-state index is 0.635. The first-order valence-electron chi connectivity index (χ1n) is 4.89. The Balaban J connectivity index is 2.92. The molecule has 0 amide bonds. The molecule has 0 atom stereocenters. The van der Waals surface area contributed by atoms with E-state index in [9.17, 15) is 0 Å². The molecule has 2 N–H and O–H groups in total. The zero-order chi connectivity index (χ0) is 11.3. The van der Waals surface area contributed by atoms with Crippen LogP contribution >= 0.6 is 11.6 Å². The molecule has 0 aliphatic rings. The summed E-state index contributed by atoms with van der Waals surface area (Å²) in [7, 11) is 1.61. The third-order valence-electron chi connectivity index (χ3n) is 2.22. The molecule has 0 aliphatic carbocycles. The molecule has 0 bridgehead atoms. The van der Waals surface area contributed by atoms with Crippen molar-refractivity contribution < 1.29 is 4.74 Å². The van der Waals surface area contributed by atoms with Crippen molar-refractivity contribution in [2.75, 3.05) is 13.7 Å². The van der Waals surface area contributed by atoms with Crippen molar-refractivity contribution in [3.63, 3.8) is 0 Å². The number of allylic oxidation sites excluding steroid dienone is 1. The summed E-state index contributed by atoms with van der Waals surface area (Å²) in [6, 6.07) is 5.77. The van der Waals surface area contributed by atoms with Crippen molar-refractivity contribution in [2.24, 2.45) is 5.73 Å². The van der Waals surface area contributed by atoms with Gasteiger partial charge in [-0.05, 0) is 43.2 Å². The number of benzene rings is 1. The number of rotatable bonds is 4. The van der Waals surface area contributed by atoms with E-state index in [2.05, 4.69) is 6.08 Å². The number of halogens is 1. The van der Waals surface area contributed by atoms with Crippen LogP contribution in [-0.4, -0.2) is 13.7 Å². The van der Waals surface area contributed by atoms with E-state index in [4.69, 9.17) is 22.1 Å². The molecule has 3 heteroatoms. The SMILES string of the molecule is COc1ccc(/C(C)=C/CCN)cc1Cl. The lowest BCUT2D eigenvalue weighted by Gasteiger charge is -2.06. The summed E-state index contributed by atoms with van der Waals surface area (Å²) in [5.41, 5.74) is 7.73. The fourth-order valence-electron chi connectivity index (χ4n) is 1.33. The molecule has 0 saturated heterocycles. The molecular weight excluding hydrogens is 210 g/mol. The molecule has 1 aromatic carbocycles. The molecule has 15 heavy (non-hydrogen) atoms. The van der Waals surface area contributed by atoms with Gasteiger partial charge < -0.3 is 10.5 Å². The van der Waals surface area contributed by atoms with Gasteiger partial charge in [-0.1, -0.05) is 23.7 Å². The van der Waals surface area contributed by atoms with Crippen LogP contribution in [0.5, 0.6) is 5.75 Å². The highest BCUT2D eigenvalue weighted by Gasteiger charge is 2.02. The molecule has 0 aliphatic heterocycles. The smallest absolute Gasteiger partial charge is 0.137 e. The van der Waals surface area contributed by atoms with Gasteiger partial charge in [-0.2, -0.15) is 0 Å². The molecule has 0 heterocycles. The first kappa shape index (κ1) is 12.1. The first-order valence-corrected chi connectivity index (χ1v) is 5.27. The summed E-state index contributed by atoms with van der Waals surface area (Å²) in [5.74, 6) is 0.701. The zero-order valence-corrected chi connectivity index (χ0v) is 9.84. The molecule has 0 unspecified atom stereocenters. The Kier molecular flexibility index (Phi) is 4.66. The van der Waals surface area contributed by atoms with Gasteiger partial charge in [0, 0.05) is 0 Å². The van der Waals surface area contributed by atoms with E-state index in [1.165, 1.54) is 5.57 Å². The fourth-order valence-corrected chi connectivity index (χ4v) is 1.59. The molecule has 1 aromatic rings. The summed E-state index contributed by atoms with van der Waals surface area (Å²) >= 11 is 6.03. The molecule has 0 aromatic heterocycles. The van der Waals surface area contributed by atoms with Crippen LogP contribution in [0.15, 0.2) is 24.3 Å². The van der Waals surface area contributed by atoms with Crippen LogP contribution in [0.4, 0.5) is 0 Å². The molecule has 82 valence electrons. The monoisotopic (exact) mass is 225 g/mol. The van der Waals surface area contributed by atoms with Crippen LogP contribution in [0.3, 0.4) is 0 Å². The Labute approximate surface area is 95.7 Å². The van der Waals surface area contributed by atoms with Crippen molar-refractivity contribution in [3.8, 4) is 5.75 Å². The van der Waals surface area contributed by atoms with E-state index >= 15 is 0 Å². The molecule has 0 spiro atoms. The van der Waals surface area contributed by atoms with Gasteiger partial charge in [-0.15, -0.1) is 0 Å². The fraction of sp³-hybridized carbons (Fsp3) is 0.333. The molecule has 0 radical (unpaired) electrons. The number of hydrogen-bond acceptors (Lipinski definition) is 2. The molecule has 0 fully saturated rings. The van der Waals surface area contributed by atoms with Crippen LogP contribution in [0.1, 0.15) is 18.9 Å². The van der Waals surface area contributed by atoms with Crippen molar-refractivity contribution >= 4 is 17.2 Å². The third kappa shape index (κ3) is 3.26. The zero-order valence-electron chi connectivity index (χ0n) is 9.09. The maximum Gasteiger partial charge on any atom is 0.137 e. The van der Waals surface area contributed by atoms with E-state index < -0.39 is 0 Å². The standard InChI is InChI=1S/C12H16ClNO/c1-9(4-3-7-14)10-5-6-12(15-2)11(13)8-10/h4-6,8H,3,7,14H2,1-2H3/b9-4+. The van der Waals surface area contributed by atoms with Crippen molar-refractivity contribution in [2.45, 2.75) is 13.3 Å². The Morgan fingerprint density at radius 3 is 2.80 bits per heavy atom. The normalized spacial score (nSPS) is 11.6. The van der Waals surface area contributed by atoms with Crippen molar-refractivity contribution in [3.05, 3.63) is 34.9 Å². The molecule has 2 nitrogen and oxygen atoms in total. The van der Waals surface area contributed by atoms with Crippen LogP contribution in [-0.2, 0) is 0 Å². The van der Waals surface area contributed by atoms with Crippen molar-refractivity contribution in [1.29, 1.82) is 0 Å². The summed E-state index contributed by atoms with van der Waals surface area (Å²) in [4.78, 5) is 0. The highest BCUT2D eigenvalue weighted by Crippen LogP contribution is 2.27. The van der Waals surface area contributed by atoms with Gasteiger partial charge in [0.2, 0.25) is 0 Å². The van der Waals surface area contributed by atoms with Crippen LogP contribution in [0.2, 0.25) is 5.02 Å². The number of hydrogen-bond donors (Lipinski definition) is 1. The van der Waals surface area contributed by atoms with Crippen LogP contribution < -0.4 is 10.5 Å². The molecule has 0 saturated carbocycles. The summed E-state index contributed by atoms with van der Waals surface area (Å²) in [6.07, 6.45) is 2.99. The van der Waals surface area contributed by atoms with Gasteiger partial charge in [0.1, 0.15) is 5.75 Å². The van der Waals surface area contributed by atoms with Crippen LogP contribution in [0.25, 0.3) is 5.57 Å².